The van der Waals surface area contributed by atoms with Crippen LogP contribution in [-0.2, 0) is 4.74 Å². The fourth-order valence-electron chi connectivity index (χ4n) is 1.59. The van der Waals surface area contributed by atoms with Gasteiger partial charge in [0.05, 0.1) is 12.7 Å². The van der Waals surface area contributed by atoms with Crippen LogP contribution in [0.1, 0.15) is 10.4 Å². The number of hydrogen-bond acceptors (Lipinski definition) is 5. The van der Waals surface area contributed by atoms with Crippen LogP contribution in [0.3, 0.4) is 0 Å². The number of nitrogens with one attached hydrogen (secondary N) is 4. The second-order valence-electron chi connectivity index (χ2n) is 4.13. The van der Waals surface area contributed by atoms with Crippen molar-refractivity contribution in [3.05, 3.63) is 56.9 Å². The molecule has 0 aliphatic rings. The van der Waals surface area contributed by atoms with Gasteiger partial charge in [0.15, 0.2) is 0 Å². The molecular weight excluding hydrogens is 292 g/mol. The lowest BCUT2D eigenvalue weighted by Gasteiger charge is -2.07. The highest BCUT2D eigenvalue weighted by molar-refractivity contribution is 5.99. The summed E-state index contributed by atoms with van der Waals surface area (Å²) in [4.78, 5) is 49.5. The van der Waals surface area contributed by atoms with Gasteiger partial charge in [0, 0.05) is 11.9 Å². The number of ether oxygens (including phenoxy) is 1. The molecule has 1 aromatic carbocycles. The molecule has 0 bridgehead atoms. The van der Waals surface area contributed by atoms with Gasteiger partial charge in [-0.05, 0) is 24.3 Å². The number of rotatable bonds is 3. The lowest BCUT2D eigenvalue weighted by Crippen LogP contribution is -2.28. The summed E-state index contributed by atoms with van der Waals surface area (Å²) in [5.74, 6) is -0.490. The van der Waals surface area contributed by atoms with Crippen LogP contribution in [-0.4, -0.2) is 29.1 Å². The van der Waals surface area contributed by atoms with E-state index in [9.17, 15) is 19.2 Å². The molecule has 2 amide bonds. The Morgan fingerprint density at radius 1 is 1.09 bits per heavy atom. The minimum absolute atomic E-state index is 0.108. The highest BCUT2D eigenvalue weighted by Crippen LogP contribution is 2.10. The van der Waals surface area contributed by atoms with Gasteiger partial charge in [0.2, 0.25) is 0 Å². The van der Waals surface area contributed by atoms with Gasteiger partial charge < -0.3 is 20.4 Å². The topological polar surface area (TPSA) is 133 Å². The molecule has 0 saturated carbocycles. The fraction of sp³-hybridized carbons (Fsp3) is 0.0769. The summed E-state index contributed by atoms with van der Waals surface area (Å²) in [6.07, 6.45) is 1.08. The van der Waals surface area contributed by atoms with E-state index in [0.717, 1.165) is 6.20 Å². The number of amides is 2. The zero-order valence-electron chi connectivity index (χ0n) is 11.4. The molecule has 0 spiro atoms. The lowest BCUT2D eigenvalue weighted by atomic mass is 10.2. The molecule has 2 aromatic rings. The first-order chi connectivity index (χ1) is 10.5. The Bertz CT molecular complexity index is 806. The van der Waals surface area contributed by atoms with E-state index >= 15 is 0 Å². The van der Waals surface area contributed by atoms with Crippen LogP contribution in [0.25, 0.3) is 0 Å². The van der Waals surface area contributed by atoms with Crippen LogP contribution in [0.4, 0.5) is 16.2 Å². The molecule has 22 heavy (non-hydrogen) atoms. The summed E-state index contributed by atoms with van der Waals surface area (Å²) in [6, 6.07) is 5.29. The third kappa shape index (κ3) is 3.60. The van der Waals surface area contributed by atoms with E-state index in [4.69, 9.17) is 0 Å². The van der Waals surface area contributed by atoms with Crippen molar-refractivity contribution in [1.29, 1.82) is 0 Å². The lowest BCUT2D eigenvalue weighted by molar-refractivity contribution is 0.0601. The van der Waals surface area contributed by atoms with E-state index in [2.05, 4.69) is 20.4 Å². The summed E-state index contributed by atoms with van der Waals surface area (Å²) in [6.45, 7) is 0. The Morgan fingerprint density at radius 2 is 1.77 bits per heavy atom. The van der Waals surface area contributed by atoms with Crippen LogP contribution in [0, 0.1) is 0 Å². The van der Waals surface area contributed by atoms with Crippen molar-refractivity contribution in [2.24, 2.45) is 0 Å². The van der Waals surface area contributed by atoms with E-state index in [1.807, 2.05) is 4.98 Å². The molecule has 0 aliphatic carbocycles. The Balaban J connectivity index is 2.04. The smallest absolute Gasteiger partial charge is 0.337 e. The first-order valence-electron chi connectivity index (χ1n) is 6.08. The Labute approximate surface area is 123 Å². The van der Waals surface area contributed by atoms with E-state index in [0.29, 0.717) is 11.3 Å². The zero-order chi connectivity index (χ0) is 16.1. The number of urea groups is 1. The molecule has 4 N–H and O–H groups in total. The van der Waals surface area contributed by atoms with E-state index < -0.39 is 23.2 Å². The van der Waals surface area contributed by atoms with Crippen molar-refractivity contribution >= 4 is 23.4 Å². The van der Waals surface area contributed by atoms with Gasteiger partial charge in [-0.15, -0.1) is 0 Å². The number of anilines is 2. The predicted octanol–water partition coefficient (Wildman–Crippen LogP) is 0.494. The quantitative estimate of drug-likeness (QED) is 0.612. The van der Waals surface area contributed by atoms with Crippen molar-refractivity contribution in [2.45, 2.75) is 0 Å². The van der Waals surface area contributed by atoms with Crippen LogP contribution >= 0.6 is 0 Å². The van der Waals surface area contributed by atoms with Crippen molar-refractivity contribution < 1.29 is 14.3 Å². The number of methoxy groups -OCH3 is 1. The van der Waals surface area contributed by atoms with Gasteiger partial charge in [0.25, 0.3) is 5.56 Å². The number of aromatic amines is 2. The Kier molecular flexibility index (Phi) is 4.37. The summed E-state index contributed by atoms with van der Waals surface area (Å²) in [7, 11) is 1.27. The minimum Gasteiger partial charge on any atom is -0.465 e. The number of carbonyl (C=O) groups excluding carboxylic acids is 2. The molecule has 0 radical (unpaired) electrons. The molecule has 114 valence electrons. The Hall–Kier alpha value is -3.36. The van der Waals surface area contributed by atoms with Gasteiger partial charge in [0.1, 0.15) is 5.69 Å². The summed E-state index contributed by atoms with van der Waals surface area (Å²) < 4.78 is 4.55. The van der Waals surface area contributed by atoms with E-state index in [-0.39, 0.29) is 5.69 Å². The van der Waals surface area contributed by atoms with Gasteiger partial charge in [-0.25, -0.2) is 14.4 Å². The summed E-state index contributed by atoms with van der Waals surface area (Å²) in [5.41, 5.74) is -0.755. The van der Waals surface area contributed by atoms with E-state index in [1.54, 1.807) is 0 Å². The van der Waals surface area contributed by atoms with Crippen LogP contribution < -0.4 is 21.9 Å². The van der Waals surface area contributed by atoms with Gasteiger partial charge in [-0.1, -0.05) is 0 Å². The second-order valence-corrected chi connectivity index (χ2v) is 4.13. The highest BCUT2D eigenvalue weighted by Gasteiger charge is 2.08. The average molecular weight is 304 g/mol. The predicted molar refractivity (Wildman–Crippen MR) is 78.1 cm³/mol. The van der Waals surface area contributed by atoms with E-state index in [1.165, 1.54) is 31.4 Å². The number of hydrogen-bond donors (Lipinski definition) is 4. The average Bonchev–Trinajstić information content (AvgIpc) is 2.50. The van der Waals surface area contributed by atoms with Crippen molar-refractivity contribution in [3.8, 4) is 0 Å². The van der Waals surface area contributed by atoms with Crippen LogP contribution in [0.15, 0.2) is 40.1 Å². The fourth-order valence-corrected chi connectivity index (χ4v) is 1.59. The molecule has 2 rings (SSSR count). The molecule has 9 heteroatoms. The normalized spacial score (nSPS) is 9.86. The first kappa shape index (κ1) is 15.0. The molecule has 1 heterocycles. The van der Waals surface area contributed by atoms with Crippen LogP contribution in [0.2, 0.25) is 0 Å². The largest absolute Gasteiger partial charge is 0.465 e. The maximum absolute atomic E-state index is 11.7. The van der Waals surface area contributed by atoms with Gasteiger partial charge in [-0.3, -0.25) is 9.78 Å². The molecule has 9 nitrogen and oxygen atoms in total. The van der Waals surface area contributed by atoms with Crippen molar-refractivity contribution in [2.75, 3.05) is 17.7 Å². The number of carbonyl (C=O) groups is 2. The standard InChI is InChI=1S/C13H12N4O5/c1-22-11(19)7-2-4-8(5-3-7)15-13(21)16-9-6-14-12(20)17-10(9)18/h2-6H,1H3,(H2,15,16,21)(H2,14,17,18,20). The molecule has 0 fully saturated rings. The first-order valence-corrected chi connectivity index (χ1v) is 6.08. The molecule has 0 saturated heterocycles. The molecular formula is C13H12N4O5. The molecule has 1 aromatic heterocycles. The summed E-state index contributed by atoms with van der Waals surface area (Å²) in [5, 5.41) is 4.75. The molecule has 0 atom stereocenters. The van der Waals surface area contributed by atoms with Crippen molar-refractivity contribution in [1.82, 2.24) is 9.97 Å². The third-order valence-corrected chi connectivity index (χ3v) is 2.63. The summed E-state index contributed by atoms with van der Waals surface area (Å²) >= 11 is 0. The SMILES string of the molecule is COC(=O)c1ccc(NC(=O)Nc2c[nH]c(=O)[nH]c2=O)cc1. The number of aromatic nitrogens is 2. The third-order valence-electron chi connectivity index (χ3n) is 2.63. The number of benzene rings is 1. The zero-order valence-corrected chi connectivity index (χ0v) is 11.4. The molecule has 0 unspecified atom stereocenters. The number of H-pyrrole nitrogens is 2. The second kappa shape index (κ2) is 6.39. The minimum atomic E-state index is -0.722. The number of esters is 1. The Morgan fingerprint density at radius 3 is 2.36 bits per heavy atom. The molecule has 0 aliphatic heterocycles. The monoisotopic (exact) mass is 304 g/mol. The van der Waals surface area contributed by atoms with Crippen LogP contribution in [0.5, 0.6) is 0 Å². The highest BCUT2D eigenvalue weighted by atomic mass is 16.5. The van der Waals surface area contributed by atoms with Gasteiger partial charge in [-0.2, -0.15) is 0 Å². The maximum atomic E-state index is 11.7. The van der Waals surface area contributed by atoms with Gasteiger partial charge >= 0.3 is 17.7 Å². The maximum Gasteiger partial charge on any atom is 0.337 e. The van der Waals surface area contributed by atoms with Crippen molar-refractivity contribution in [3.63, 3.8) is 0 Å².